The summed E-state index contributed by atoms with van der Waals surface area (Å²) in [5.41, 5.74) is 1.02. The fraction of sp³-hybridized carbons (Fsp3) is 0.389. The van der Waals surface area contributed by atoms with Gasteiger partial charge in [0.15, 0.2) is 11.9 Å². The number of amides is 1. The first-order valence-corrected chi connectivity index (χ1v) is 7.74. The molecule has 0 saturated heterocycles. The standard InChI is InChI=1S/C18H21NO4/c1-12(20)15-9-6-10-16(11-15)19-17(21)13(2)23-18(22)14-7-4-3-5-8-14/h3-4,6,9-11,13-14H,5,7-8H2,1-2H3,(H,19,21)/t13-,14+/m0/s1. The molecule has 1 aromatic rings. The van der Waals surface area contributed by atoms with Crippen LogP contribution in [0.3, 0.4) is 0 Å². The largest absolute Gasteiger partial charge is 0.452 e. The molecule has 0 unspecified atom stereocenters. The fourth-order valence-corrected chi connectivity index (χ4v) is 2.39. The number of hydrogen-bond donors (Lipinski definition) is 1. The molecule has 0 fully saturated rings. The van der Waals surface area contributed by atoms with E-state index in [4.69, 9.17) is 4.74 Å². The summed E-state index contributed by atoms with van der Waals surface area (Å²) in [5.74, 6) is -0.998. The van der Waals surface area contributed by atoms with Gasteiger partial charge in [-0.05, 0) is 45.2 Å². The van der Waals surface area contributed by atoms with E-state index in [1.165, 1.54) is 6.92 Å². The Morgan fingerprint density at radius 2 is 2.04 bits per heavy atom. The van der Waals surface area contributed by atoms with Crippen LogP contribution in [-0.4, -0.2) is 23.8 Å². The Morgan fingerprint density at radius 1 is 1.26 bits per heavy atom. The van der Waals surface area contributed by atoms with Gasteiger partial charge < -0.3 is 10.1 Å². The number of carbonyl (C=O) groups is 3. The summed E-state index contributed by atoms with van der Waals surface area (Å²) >= 11 is 0. The number of rotatable bonds is 5. The van der Waals surface area contributed by atoms with Gasteiger partial charge in [0, 0.05) is 11.3 Å². The van der Waals surface area contributed by atoms with Gasteiger partial charge in [0.1, 0.15) is 0 Å². The van der Waals surface area contributed by atoms with Crippen molar-refractivity contribution in [2.24, 2.45) is 5.92 Å². The van der Waals surface area contributed by atoms with E-state index in [1.807, 2.05) is 12.2 Å². The number of allylic oxidation sites excluding steroid dienone is 2. The maximum atomic E-state index is 12.1. The minimum Gasteiger partial charge on any atom is -0.452 e. The van der Waals surface area contributed by atoms with Crippen LogP contribution in [0.2, 0.25) is 0 Å². The normalized spacial score (nSPS) is 18.1. The summed E-state index contributed by atoms with van der Waals surface area (Å²) in [4.78, 5) is 35.5. The zero-order valence-electron chi connectivity index (χ0n) is 13.4. The first-order chi connectivity index (χ1) is 11.0. The predicted octanol–water partition coefficient (Wildman–Crippen LogP) is 3.12. The molecule has 2 atom stereocenters. The van der Waals surface area contributed by atoms with Crippen LogP contribution < -0.4 is 5.32 Å². The maximum absolute atomic E-state index is 12.1. The minimum absolute atomic E-state index is 0.0778. The van der Waals surface area contributed by atoms with E-state index in [9.17, 15) is 14.4 Å². The minimum atomic E-state index is -0.880. The molecule has 1 aromatic carbocycles. The second-order valence-corrected chi connectivity index (χ2v) is 5.69. The molecule has 0 spiro atoms. The molecular weight excluding hydrogens is 294 g/mol. The third kappa shape index (κ3) is 4.77. The topological polar surface area (TPSA) is 72.5 Å². The zero-order valence-corrected chi connectivity index (χ0v) is 13.4. The number of hydrogen-bond acceptors (Lipinski definition) is 4. The van der Waals surface area contributed by atoms with Gasteiger partial charge in [-0.15, -0.1) is 0 Å². The number of carbonyl (C=O) groups excluding carboxylic acids is 3. The van der Waals surface area contributed by atoms with Crippen LogP contribution in [0.25, 0.3) is 0 Å². The Balaban J connectivity index is 1.92. The van der Waals surface area contributed by atoms with Crippen LogP contribution >= 0.6 is 0 Å². The molecule has 1 aliphatic rings. The van der Waals surface area contributed by atoms with E-state index in [0.717, 1.165) is 12.8 Å². The lowest BCUT2D eigenvalue weighted by atomic mass is 9.95. The monoisotopic (exact) mass is 315 g/mol. The molecule has 2 rings (SSSR count). The SMILES string of the molecule is CC(=O)c1cccc(NC(=O)[C@H](C)OC(=O)[C@@H]2CC=CCC2)c1. The number of ketones is 1. The van der Waals surface area contributed by atoms with E-state index in [1.54, 1.807) is 31.2 Å². The molecule has 1 aliphatic carbocycles. The molecular formula is C18H21NO4. The molecule has 0 saturated carbocycles. The molecule has 5 heteroatoms. The molecule has 0 aromatic heterocycles. The smallest absolute Gasteiger partial charge is 0.310 e. The Morgan fingerprint density at radius 3 is 2.70 bits per heavy atom. The summed E-state index contributed by atoms with van der Waals surface area (Å²) < 4.78 is 5.25. The van der Waals surface area contributed by atoms with Crippen molar-refractivity contribution in [3.8, 4) is 0 Å². The molecule has 0 bridgehead atoms. The average molecular weight is 315 g/mol. The van der Waals surface area contributed by atoms with Crippen molar-refractivity contribution >= 4 is 23.3 Å². The Labute approximate surface area is 135 Å². The number of esters is 1. The summed E-state index contributed by atoms with van der Waals surface area (Å²) in [5, 5.41) is 2.66. The van der Waals surface area contributed by atoms with Gasteiger partial charge in [0.25, 0.3) is 5.91 Å². The second-order valence-electron chi connectivity index (χ2n) is 5.69. The van der Waals surface area contributed by atoms with Gasteiger partial charge >= 0.3 is 5.97 Å². The van der Waals surface area contributed by atoms with Crippen LogP contribution in [0, 0.1) is 5.92 Å². The summed E-state index contributed by atoms with van der Waals surface area (Å²) in [6.45, 7) is 3.00. The molecule has 0 heterocycles. The fourth-order valence-electron chi connectivity index (χ4n) is 2.39. The highest BCUT2D eigenvalue weighted by molar-refractivity contribution is 5.98. The zero-order chi connectivity index (χ0) is 16.8. The van der Waals surface area contributed by atoms with Crippen molar-refractivity contribution in [2.75, 3.05) is 5.32 Å². The molecule has 1 N–H and O–H groups in total. The van der Waals surface area contributed by atoms with Crippen molar-refractivity contribution in [3.05, 3.63) is 42.0 Å². The molecule has 0 radical (unpaired) electrons. The van der Waals surface area contributed by atoms with Crippen molar-refractivity contribution in [1.29, 1.82) is 0 Å². The average Bonchev–Trinajstić information content (AvgIpc) is 2.55. The molecule has 122 valence electrons. The lowest BCUT2D eigenvalue weighted by Crippen LogP contribution is -2.32. The van der Waals surface area contributed by atoms with Crippen molar-refractivity contribution in [1.82, 2.24) is 0 Å². The van der Waals surface area contributed by atoms with Gasteiger partial charge in [-0.25, -0.2) is 0 Å². The van der Waals surface area contributed by atoms with Crippen LogP contribution in [-0.2, 0) is 14.3 Å². The van der Waals surface area contributed by atoms with Crippen LogP contribution in [0.4, 0.5) is 5.69 Å². The lowest BCUT2D eigenvalue weighted by Gasteiger charge is -2.19. The molecule has 0 aliphatic heterocycles. The van der Waals surface area contributed by atoms with E-state index in [-0.39, 0.29) is 17.7 Å². The molecule has 1 amide bonds. The van der Waals surface area contributed by atoms with E-state index in [2.05, 4.69) is 5.32 Å². The van der Waals surface area contributed by atoms with Gasteiger partial charge in [0.2, 0.25) is 0 Å². The van der Waals surface area contributed by atoms with Gasteiger partial charge in [0.05, 0.1) is 5.92 Å². The van der Waals surface area contributed by atoms with Crippen molar-refractivity contribution in [2.45, 2.75) is 39.2 Å². The lowest BCUT2D eigenvalue weighted by molar-refractivity contribution is -0.157. The highest BCUT2D eigenvalue weighted by Crippen LogP contribution is 2.20. The Kier molecular flexibility index (Phi) is 5.68. The van der Waals surface area contributed by atoms with E-state index >= 15 is 0 Å². The summed E-state index contributed by atoms with van der Waals surface area (Å²) in [7, 11) is 0. The second kappa shape index (κ2) is 7.72. The number of ether oxygens (including phenoxy) is 1. The van der Waals surface area contributed by atoms with Crippen LogP contribution in [0.15, 0.2) is 36.4 Å². The van der Waals surface area contributed by atoms with Crippen molar-refractivity contribution < 1.29 is 19.1 Å². The first kappa shape index (κ1) is 16.9. The number of anilines is 1. The highest BCUT2D eigenvalue weighted by Gasteiger charge is 2.25. The predicted molar refractivity (Wildman–Crippen MR) is 87.1 cm³/mol. The van der Waals surface area contributed by atoms with E-state index in [0.29, 0.717) is 17.7 Å². The third-order valence-electron chi connectivity index (χ3n) is 3.80. The van der Waals surface area contributed by atoms with Crippen LogP contribution in [0.5, 0.6) is 0 Å². The highest BCUT2D eigenvalue weighted by atomic mass is 16.5. The molecule has 5 nitrogen and oxygen atoms in total. The first-order valence-electron chi connectivity index (χ1n) is 7.74. The van der Waals surface area contributed by atoms with Crippen LogP contribution in [0.1, 0.15) is 43.5 Å². The third-order valence-corrected chi connectivity index (χ3v) is 3.80. The maximum Gasteiger partial charge on any atom is 0.310 e. The van der Waals surface area contributed by atoms with Crippen molar-refractivity contribution in [3.63, 3.8) is 0 Å². The summed E-state index contributed by atoms with van der Waals surface area (Å²) in [6.07, 6.45) is 5.40. The van der Waals surface area contributed by atoms with E-state index < -0.39 is 12.0 Å². The molecule has 23 heavy (non-hydrogen) atoms. The number of nitrogens with one attached hydrogen (secondary N) is 1. The van der Waals surface area contributed by atoms with Gasteiger partial charge in [-0.1, -0.05) is 24.3 Å². The van der Waals surface area contributed by atoms with Gasteiger partial charge in [-0.2, -0.15) is 0 Å². The van der Waals surface area contributed by atoms with Gasteiger partial charge in [-0.3, -0.25) is 14.4 Å². The summed E-state index contributed by atoms with van der Waals surface area (Å²) in [6, 6.07) is 6.65. The number of Topliss-reactive ketones (excluding diaryl/α,β-unsaturated/α-hetero) is 1. The number of benzene rings is 1. The Bertz CT molecular complexity index is 636. The Hall–Kier alpha value is -2.43. The quantitative estimate of drug-likeness (QED) is 0.515.